The Labute approximate surface area is 216 Å². The van der Waals surface area contributed by atoms with Gasteiger partial charge in [0, 0.05) is 29.1 Å². The SMILES string of the molecule is CC[C@@]1(O)C(=O)OCc2c1cc1n(c2=O)Cc2c-1nc1cc(F)c(C)c3c1c2[C@@H](NC(=O)[C@H](O)CN)CC3. The molecule has 2 aromatic heterocycles. The molecule has 0 saturated heterocycles. The highest BCUT2D eigenvalue weighted by Gasteiger charge is 2.46. The number of fused-ring (bicyclic) bond motifs is 5. The van der Waals surface area contributed by atoms with E-state index in [-0.39, 0.29) is 37.2 Å². The van der Waals surface area contributed by atoms with Crippen LogP contribution in [-0.2, 0) is 39.5 Å². The minimum Gasteiger partial charge on any atom is -0.458 e. The van der Waals surface area contributed by atoms with Crippen LogP contribution in [0.25, 0.3) is 22.3 Å². The number of nitrogens with two attached hydrogens (primary N) is 1. The normalized spacial score (nSPS) is 21.9. The van der Waals surface area contributed by atoms with E-state index in [0.29, 0.717) is 46.4 Å². The van der Waals surface area contributed by atoms with Crippen molar-refractivity contribution in [2.24, 2.45) is 5.73 Å². The molecule has 198 valence electrons. The number of amides is 1. The summed E-state index contributed by atoms with van der Waals surface area (Å²) in [6, 6.07) is 2.41. The Bertz CT molecular complexity index is 1630. The van der Waals surface area contributed by atoms with Crippen molar-refractivity contribution in [3.05, 3.63) is 61.7 Å². The van der Waals surface area contributed by atoms with Gasteiger partial charge in [0.25, 0.3) is 11.5 Å². The minimum absolute atomic E-state index is 0.0103. The largest absolute Gasteiger partial charge is 0.458 e. The van der Waals surface area contributed by atoms with Gasteiger partial charge in [-0.2, -0.15) is 0 Å². The maximum atomic E-state index is 14.9. The number of hydrogen-bond acceptors (Lipinski definition) is 8. The molecule has 6 rings (SSSR count). The molecule has 0 spiro atoms. The van der Waals surface area contributed by atoms with Gasteiger partial charge in [0.05, 0.1) is 35.1 Å². The molecule has 0 unspecified atom stereocenters. The average Bonchev–Trinajstić information content (AvgIpc) is 3.28. The zero-order valence-corrected chi connectivity index (χ0v) is 20.9. The number of esters is 1. The van der Waals surface area contributed by atoms with Gasteiger partial charge < -0.3 is 30.6 Å². The van der Waals surface area contributed by atoms with Gasteiger partial charge in [0.1, 0.15) is 18.5 Å². The van der Waals surface area contributed by atoms with E-state index < -0.39 is 41.0 Å². The highest BCUT2D eigenvalue weighted by Crippen LogP contribution is 2.45. The van der Waals surface area contributed by atoms with Crippen molar-refractivity contribution < 1.29 is 28.9 Å². The number of nitrogens with one attached hydrogen (secondary N) is 1. The first-order valence-corrected chi connectivity index (χ1v) is 12.6. The molecule has 38 heavy (non-hydrogen) atoms. The lowest BCUT2D eigenvalue weighted by Gasteiger charge is -2.31. The van der Waals surface area contributed by atoms with Crippen molar-refractivity contribution in [1.82, 2.24) is 14.9 Å². The van der Waals surface area contributed by atoms with Crippen LogP contribution in [-0.4, -0.2) is 44.3 Å². The Balaban J connectivity index is 1.63. The summed E-state index contributed by atoms with van der Waals surface area (Å²) >= 11 is 0. The third-order valence-electron chi connectivity index (χ3n) is 8.22. The summed E-state index contributed by atoms with van der Waals surface area (Å²) in [4.78, 5) is 43.5. The Morgan fingerprint density at radius 3 is 2.82 bits per heavy atom. The van der Waals surface area contributed by atoms with E-state index in [4.69, 9.17) is 15.5 Å². The molecule has 0 saturated carbocycles. The predicted molar refractivity (Wildman–Crippen MR) is 133 cm³/mol. The van der Waals surface area contributed by atoms with E-state index in [1.54, 1.807) is 19.9 Å². The molecular weight excluding hydrogens is 495 g/mol. The van der Waals surface area contributed by atoms with Crippen LogP contribution in [0, 0.1) is 12.7 Å². The molecule has 5 N–H and O–H groups in total. The quantitative estimate of drug-likeness (QED) is 0.289. The zero-order valence-electron chi connectivity index (χ0n) is 20.9. The van der Waals surface area contributed by atoms with Crippen LogP contribution in [0.3, 0.4) is 0 Å². The van der Waals surface area contributed by atoms with E-state index in [2.05, 4.69) is 5.32 Å². The molecule has 1 aliphatic carbocycles. The molecule has 0 bridgehead atoms. The van der Waals surface area contributed by atoms with Crippen LogP contribution in [0.15, 0.2) is 16.9 Å². The van der Waals surface area contributed by atoms with Gasteiger partial charge in [-0.1, -0.05) is 6.92 Å². The number of pyridine rings is 2. The van der Waals surface area contributed by atoms with Gasteiger partial charge in [0.15, 0.2) is 5.60 Å². The molecule has 3 atom stereocenters. The fraction of sp³-hybridized carbons (Fsp3) is 0.407. The number of hydrogen-bond donors (Lipinski definition) is 4. The van der Waals surface area contributed by atoms with E-state index in [9.17, 15) is 29.0 Å². The molecule has 0 radical (unpaired) electrons. The molecule has 1 aromatic carbocycles. The van der Waals surface area contributed by atoms with Crippen LogP contribution < -0.4 is 16.6 Å². The molecule has 0 fully saturated rings. The van der Waals surface area contributed by atoms with Gasteiger partial charge >= 0.3 is 5.97 Å². The number of aromatic nitrogens is 2. The Morgan fingerprint density at radius 1 is 1.34 bits per heavy atom. The summed E-state index contributed by atoms with van der Waals surface area (Å²) in [5.41, 5.74) is 7.34. The fourth-order valence-corrected chi connectivity index (χ4v) is 6.07. The second-order valence-corrected chi connectivity index (χ2v) is 10.2. The number of cyclic esters (lactones) is 1. The molecule has 11 heteroatoms. The second kappa shape index (κ2) is 8.42. The van der Waals surface area contributed by atoms with Crippen LogP contribution >= 0.6 is 0 Å². The summed E-state index contributed by atoms with van der Waals surface area (Å²) in [6.45, 7) is 2.97. The van der Waals surface area contributed by atoms with Crippen LogP contribution in [0.5, 0.6) is 0 Å². The van der Waals surface area contributed by atoms with E-state index in [0.717, 1.165) is 10.9 Å². The van der Waals surface area contributed by atoms with Crippen LogP contribution in [0.2, 0.25) is 0 Å². The lowest BCUT2D eigenvalue weighted by Crippen LogP contribution is -2.44. The summed E-state index contributed by atoms with van der Waals surface area (Å²) in [6.07, 6.45) is -0.434. The molecule has 1 amide bonds. The van der Waals surface area contributed by atoms with Crippen LogP contribution in [0.1, 0.15) is 59.2 Å². The summed E-state index contributed by atoms with van der Waals surface area (Å²) in [5, 5.41) is 24.7. The molecule has 3 aromatic rings. The summed E-state index contributed by atoms with van der Waals surface area (Å²) < 4.78 is 21.6. The number of aliphatic hydroxyl groups excluding tert-OH is 1. The molecular formula is C27H27FN4O6. The number of rotatable bonds is 4. The van der Waals surface area contributed by atoms with Crippen molar-refractivity contribution in [2.45, 2.75) is 64.0 Å². The van der Waals surface area contributed by atoms with E-state index >= 15 is 0 Å². The Morgan fingerprint density at radius 2 is 2.11 bits per heavy atom. The highest BCUT2D eigenvalue weighted by molar-refractivity contribution is 5.94. The van der Waals surface area contributed by atoms with Crippen molar-refractivity contribution >= 4 is 22.8 Å². The monoisotopic (exact) mass is 522 g/mol. The number of halogens is 1. The standard InChI is InChI=1S/C27H27FN4O6/c1-3-27(37)15-6-19-23-13(9-32(19)25(35)14(15)10-38-26(27)36)22-17(31-24(34)20(33)8-29)5-4-12-11(2)16(28)7-18(30-23)21(12)22/h6-7,17,20,33,37H,3-5,8-10,29H2,1-2H3,(H,31,34)/t17-,20+,27-/m0/s1. The number of aliphatic hydroxyl groups is 2. The number of carbonyl (C=O) groups is 2. The van der Waals surface area contributed by atoms with Gasteiger partial charge in [-0.05, 0) is 48.9 Å². The third-order valence-corrected chi connectivity index (χ3v) is 8.22. The zero-order chi connectivity index (χ0) is 27.1. The first-order chi connectivity index (χ1) is 18.1. The molecule has 2 aliphatic heterocycles. The fourth-order valence-electron chi connectivity index (χ4n) is 6.07. The minimum atomic E-state index is -1.97. The molecule has 4 heterocycles. The van der Waals surface area contributed by atoms with Gasteiger partial charge in [-0.25, -0.2) is 14.2 Å². The topological polar surface area (TPSA) is 157 Å². The van der Waals surface area contributed by atoms with Crippen molar-refractivity contribution in [2.75, 3.05) is 6.54 Å². The van der Waals surface area contributed by atoms with Gasteiger partial charge in [-0.3, -0.25) is 9.59 Å². The van der Waals surface area contributed by atoms with Crippen LogP contribution in [0.4, 0.5) is 4.39 Å². The van der Waals surface area contributed by atoms with Crippen molar-refractivity contribution in [3.63, 3.8) is 0 Å². The summed E-state index contributed by atoms with van der Waals surface area (Å²) in [7, 11) is 0. The summed E-state index contributed by atoms with van der Waals surface area (Å²) in [5.74, 6) is -1.85. The lowest BCUT2D eigenvalue weighted by atomic mass is 9.81. The molecule has 10 nitrogen and oxygen atoms in total. The number of nitrogens with zero attached hydrogens (tertiary/aromatic N) is 2. The highest BCUT2D eigenvalue weighted by atomic mass is 19.1. The Hall–Kier alpha value is -3.67. The molecule has 3 aliphatic rings. The van der Waals surface area contributed by atoms with E-state index in [1.165, 1.54) is 10.6 Å². The maximum absolute atomic E-state index is 14.9. The first kappa shape index (κ1) is 24.7. The van der Waals surface area contributed by atoms with Crippen molar-refractivity contribution in [3.8, 4) is 11.4 Å². The average molecular weight is 523 g/mol. The third kappa shape index (κ3) is 3.22. The number of ether oxygens (including phenoxy) is 1. The number of aryl methyl sites for hydroxylation is 1. The van der Waals surface area contributed by atoms with Gasteiger partial charge in [0.2, 0.25) is 0 Å². The number of benzene rings is 1. The maximum Gasteiger partial charge on any atom is 0.343 e. The smallest absolute Gasteiger partial charge is 0.343 e. The Kier molecular flexibility index (Phi) is 5.46. The number of carbonyl (C=O) groups excluding carboxylic acids is 2. The lowest BCUT2D eigenvalue weighted by molar-refractivity contribution is -0.172. The van der Waals surface area contributed by atoms with Crippen molar-refractivity contribution in [1.29, 1.82) is 0 Å². The second-order valence-electron chi connectivity index (χ2n) is 10.2. The van der Waals surface area contributed by atoms with E-state index in [1.807, 2.05) is 0 Å². The first-order valence-electron chi connectivity index (χ1n) is 12.6. The predicted octanol–water partition coefficient (Wildman–Crippen LogP) is 0.950. The van der Waals surface area contributed by atoms with Gasteiger partial charge in [-0.15, -0.1) is 0 Å².